The lowest BCUT2D eigenvalue weighted by Crippen LogP contribution is -2.07. The van der Waals surface area contributed by atoms with Crippen LogP contribution in [0.15, 0.2) is 18.6 Å². The van der Waals surface area contributed by atoms with E-state index in [0.717, 1.165) is 12.5 Å². The van der Waals surface area contributed by atoms with E-state index in [1.165, 1.54) is 0 Å². The third-order valence-electron chi connectivity index (χ3n) is 2.51. The third kappa shape index (κ3) is 2.73. The molecule has 2 rings (SSSR count). The van der Waals surface area contributed by atoms with Crippen molar-refractivity contribution < 1.29 is 19.7 Å². The van der Waals surface area contributed by atoms with Crippen molar-refractivity contribution in [3.8, 4) is 5.82 Å². The minimum absolute atomic E-state index is 0.353. The molecule has 0 radical (unpaired) electrons. The topological polar surface area (TPSA) is 203 Å². The predicted molar refractivity (Wildman–Crippen MR) is 68.0 cm³/mol. The second kappa shape index (κ2) is 5.39. The highest BCUT2D eigenvalue weighted by Crippen LogP contribution is 2.33. The number of aromatic nitrogens is 3. The fourth-order valence-electron chi connectivity index (χ4n) is 1.59. The van der Waals surface area contributed by atoms with Gasteiger partial charge in [-0.15, -0.1) is 0 Å². The zero-order valence-electron chi connectivity index (χ0n) is 10.6. The molecule has 0 bridgehead atoms. The van der Waals surface area contributed by atoms with Gasteiger partial charge in [0.15, 0.2) is 0 Å². The van der Waals surface area contributed by atoms with Crippen molar-refractivity contribution in [2.24, 2.45) is 0 Å². The Labute approximate surface area is 123 Å². The molecule has 0 aliphatic heterocycles. The predicted octanol–water partition coefficient (Wildman–Crippen LogP) is 0.900. The van der Waals surface area contributed by atoms with Crippen molar-refractivity contribution >= 4 is 23.0 Å². The van der Waals surface area contributed by atoms with Gasteiger partial charge in [0.2, 0.25) is 6.33 Å². The van der Waals surface area contributed by atoms with Gasteiger partial charge in [0.1, 0.15) is 12.3 Å². The Morgan fingerprint density at radius 3 is 1.91 bits per heavy atom. The van der Waals surface area contributed by atoms with E-state index in [4.69, 9.17) is 0 Å². The van der Waals surface area contributed by atoms with Crippen LogP contribution < -0.4 is 0 Å². The minimum atomic E-state index is -1.24. The number of rotatable bonds is 5. The molecule has 0 spiro atoms. The first-order chi connectivity index (χ1) is 10.7. The summed E-state index contributed by atoms with van der Waals surface area (Å²) in [6, 6.07) is 0.353. The van der Waals surface area contributed by atoms with Crippen molar-refractivity contribution in [3.05, 3.63) is 59.0 Å². The third-order valence-corrected chi connectivity index (χ3v) is 2.51. The van der Waals surface area contributed by atoms with Gasteiger partial charge in [-0.3, -0.25) is 20.2 Å². The molecule has 0 N–H and O–H groups in total. The summed E-state index contributed by atoms with van der Waals surface area (Å²) in [6.07, 6.45) is 1.49. The summed E-state index contributed by atoms with van der Waals surface area (Å²) in [5.74, 6) is -2.65. The summed E-state index contributed by atoms with van der Waals surface area (Å²) in [4.78, 5) is 45.4. The largest absolute Gasteiger partial charge is 0.445 e. The lowest BCUT2D eigenvalue weighted by molar-refractivity contribution is -0.427. The molecule has 0 aromatic carbocycles. The standard InChI is InChI=1S/C8H3N7O8/c16-12(17)4-1-5(13(18)19)8(15(22)23)10-7(4)11-2-6(9-3-11)14(20)21/h1-3H. The molecule has 118 valence electrons. The molecule has 2 aromatic rings. The van der Waals surface area contributed by atoms with Crippen molar-refractivity contribution in [2.75, 3.05) is 0 Å². The first-order valence-corrected chi connectivity index (χ1v) is 5.39. The van der Waals surface area contributed by atoms with E-state index in [9.17, 15) is 40.5 Å². The Balaban J connectivity index is 2.77. The molecule has 0 unspecified atom stereocenters. The van der Waals surface area contributed by atoms with Crippen LogP contribution in [0, 0.1) is 40.5 Å². The van der Waals surface area contributed by atoms with Gasteiger partial charge in [-0.05, 0) is 19.8 Å². The molecule has 0 saturated heterocycles. The highest BCUT2D eigenvalue weighted by molar-refractivity contribution is 5.61. The summed E-state index contributed by atoms with van der Waals surface area (Å²) in [7, 11) is 0. The molecule has 0 amide bonds. The highest BCUT2D eigenvalue weighted by Gasteiger charge is 2.36. The van der Waals surface area contributed by atoms with Crippen LogP contribution in [0.5, 0.6) is 0 Å². The highest BCUT2D eigenvalue weighted by atomic mass is 16.6. The summed E-state index contributed by atoms with van der Waals surface area (Å²) in [6.45, 7) is 0. The average Bonchev–Trinajstić information content (AvgIpc) is 2.95. The lowest BCUT2D eigenvalue weighted by atomic mass is 10.3. The molecule has 15 heteroatoms. The van der Waals surface area contributed by atoms with Crippen molar-refractivity contribution in [2.45, 2.75) is 0 Å². The lowest BCUT2D eigenvalue weighted by Gasteiger charge is -1.99. The number of hydrogen-bond acceptors (Lipinski definition) is 10. The maximum Gasteiger partial charge on any atom is 0.445 e. The van der Waals surface area contributed by atoms with Gasteiger partial charge < -0.3 is 20.2 Å². The van der Waals surface area contributed by atoms with E-state index >= 15 is 0 Å². The molecule has 2 aromatic heterocycles. The summed E-state index contributed by atoms with van der Waals surface area (Å²) in [5.41, 5.74) is -2.13. The first kappa shape index (κ1) is 15.4. The van der Waals surface area contributed by atoms with Crippen molar-refractivity contribution in [3.63, 3.8) is 0 Å². The van der Waals surface area contributed by atoms with Crippen LogP contribution in [-0.2, 0) is 0 Å². The molecule has 15 nitrogen and oxygen atoms in total. The van der Waals surface area contributed by atoms with Crippen LogP contribution in [0.1, 0.15) is 0 Å². The second-order valence-electron chi connectivity index (χ2n) is 3.84. The first-order valence-electron chi connectivity index (χ1n) is 5.39. The normalized spacial score (nSPS) is 10.3. The molecule has 23 heavy (non-hydrogen) atoms. The van der Waals surface area contributed by atoms with E-state index in [1.807, 2.05) is 0 Å². The van der Waals surface area contributed by atoms with Gasteiger partial charge in [0.25, 0.3) is 0 Å². The van der Waals surface area contributed by atoms with Gasteiger partial charge in [0.05, 0.1) is 9.85 Å². The molecular formula is C8H3N7O8. The molecule has 2 heterocycles. The van der Waals surface area contributed by atoms with Gasteiger partial charge >= 0.3 is 28.8 Å². The van der Waals surface area contributed by atoms with E-state index in [0.29, 0.717) is 10.6 Å². The van der Waals surface area contributed by atoms with Crippen LogP contribution in [-0.4, -0.2) is 34.2 Å². The quantitative estimate of drug-likeness (QED) is 0.560. The molecule has 0 aliphatic rings. The Morgan fingerprint density at radius 2 is 1.48 bits per heavy atom. The van der Waals surface area contributed by atoms with Crippen molar-refractivity contribution in [1.29, 1.82) is 0 Å². The van der Waals surface area contributed by atoms with Crippen LogP contribution in [0.3, 0.4) is 0 Å². The Bertz CT molecular complexity index is 858. The van der Waals surface area contributed by atoms with Crippen LogP contribution in [0.4, 0.5) is 23.0 Å². The van der Waals surface area contributed by atoms with Crippen LogP contribution >= 0.6 is 0 Å². The SMILES string of the molecule is O=[N+]([O-])c1cn(-c2nc([N+](=O)[O-])c([N+](=O)[O-])cc2[N+](=O)[O-])cn1. The number of nitrogens with zero attached hydrogens (tertiary/aromatic N) is 7. The van der Waals surface area contributed by atoms with Gasteiger partial charge in [-0.1, -0.05) is 0 Å². The van der Waals surface area contributed by atoms with E-state index in [1.54, 1.807) is 0 Å². The fraction of sp³-hybridized carbons (Fsp3) is 0. The molecule has 0 aliphatic carbocycles. The molecule has 0 fully saturated rings. The monoisotopic (exact) mass is 325 g/mol. The van der Waals surface area contributed by atoms with Gasteiger partial charge in [0, 0.05) is 0 Å². The fourth-order valence-corrected chi connectivity index (χ4v) is 1.59. The Kier molecular flexibility index (Phi) is 3.60. The van der Waals surface area contributed by atoms with E-state index in [2.05, 4.69) is 9.97 Å². The second-order valence-corrected chi connectivity index (χ2v) is 3.84. The van der Waals surface area contributed by atoms with Crippen LogP contribution in [0.2, 0.25) is 0 Å². The number of hydrogen-bond donors (Lipinski definition) is 0. The van der Waals surface area contributed by atoms with Crippen LogP contribution in [0.25, 0.3) is 5.82 Å². The molecule has 0 saturated carbocycles. The summed E-state index contributed by atoms with van der Waals surface area (Å²) < 4.78 is 0.687. The molecule has 0 atom stereocenters. The summed E-state index contributed by atoms with van der Waals surface area (Å²) >= 11 is 0. The maximum atomic E-state index is 11.0. The maximum absolute atomic E-state index is 11.0. The average molecular weight is 325 g/mol. The Hall–Kier alpha value is -4.04. The van der Waals surface area contributed by atoms with Crippen molar-refractivity contribution in [1.82, 2.24) is 14.5 Å². The van der Waals surface area contributed by atoms with Gasteiger partial charge in [-0.2, -0.15) is 0 Å². The zero-order valence-corrected chi connectivity index (χ0v) is 10.6. The number of nitro groups is 4. The Morgan fingerprint density at radius 1 is 0.870 bits per heavy atom. The number of imidazole rings is 1. The van der Waals surface area contributed by atoms with E-state index < -0.39 is 48.5 Å². The minimum Gasteiger partial charge on any atom is -0.358 e. The van der Waals surface area contributed by atoms with Gasteiger partial charge in [-0.25, -0.2) is 4.57 Å². The summed E-state index contributed by atoms with van der Waals surface area (Å²) in [5, 5.41) is 43.2. The van der Waals surface area contributed by atoms with E-state index in [-0.39, 0.29) is 0 Å². The zero-order chi connectivity index (χ0) is 17.3. The smallest absolute Gasteiger partial charge is 0.358 e. The molecular weight excluding hydrogens is 322 g/mol. The number of pyridine rings is 1.